The number of carbonyl (C=O) groups excluding carboxylic acids is 1. The van der Waals surface area contributed by atoms with Crippen LogP contribution in [0.2, 0.25) is 5.02 Å². The Morgan fingerprint density at radius 2 is 2.21 bits per heavy atom. The molecular formula is C12H10ClF2NO3. The van der Waals surface area contributed by atoms with E-state index in [0.717, 1.165) is 0 Å². The molecule has 0 aromatic heterocycles. The molecule has 0 aliphatic heterocycles. The molecule has 0 amide bonds. The lowest BCUT2D eigenvalue weighted by Gasteiger charge is -2.10. The smallest absolute Gasteiger partial charge is 0.387 e. The van der Waals surface area contributed by atoms with Crippen LogP contribution in [0, 0.1) is 11.3 Å². The second-order valence-corrected chi connectivity index (χ2v) is 3.83. The van der Waals surface area contributed by atoms with Crippen LogP contribution in [0.5, 0.6) is 5.75 Å². The normalized spacial score (nSPS) is 10.1. The molecule has 19 heavy (non-hydrogen) atoms. The van der Waals surface area contributed by atoms with E-state index in [0.29, 0.717) is 5.56 Å². The van der Waals surface area contributed by atoms with E-state index in [1.165, 1.54) is 12.1 Å². The molecule has 4 nitrogen and oxygen atoms in total. The lowest BCUT2D eigenvalue weighted by atomic mass is 10.1. The van der Waals surface area contributed by atoms with Gasteiger partial charge in [0.25, 0.3) is 0 Å². The van der Waals surface area contributed by atoms with Crippen LogP contribution < -0.4 is 4.74 Å². The maximum absolute atomic E-state index is 12.2. The number of halogens is 3. The number of nitrogens with zero attached hydrogens (tertiary/aromatic N) is 1. The van der Waals surface area contributed by atoms with Crippen molar-refractivity contribution in [3.8, 4) is 11.8 Å². The summed E-state index contributed by atoms with van der Waals surface area (Å²) in [5, 5.41) is 8.76. The Morgan fingerprint density at radius 1 is 1.53 bits per heavy atom. The number of hydrogen-bond acceptors (Lipinski definition) is 4. The molecule has 102 valence electrons. The molecular weight excluding hydrogens is 280 g/mol. The highest BCUT2D eigenvalue weighted by molar-refractivity contribution is 6.32. The summed E-state index contributed by atoms with van der Waals surface area (Å²) < 4.78 is 33.4. The van der Waals surface area contributed by atoms with Crippen molar-refractivity contribution >= 4 is 17.6 Å². The average molecular weight is 290 g/mol. The zero-order chi connectivity index (χ0) is 14.4. The van der Waals surface area contributed by atoms with E-state index in [4.69, 9.17) is 21.6 Å². The summed E-state index contributed by atoms with van der Waals surface area (Å²) in [5.41, 5.74) is 0.132. The van der Waals surface area contributed by atoms with E-state index in [-0.39, 0.29) is 29.4 Å². The van der Waals surface area contributed by atoms with Crippen molar-refractivity contribution in [2.24, 2.45) is 0 Å². The highest BCUT2D eigenvalue weighted by atomic mass is 35.5. The highest BCUT2D eigenvalue weighted by Gasteiger charge is 2.16. The van der Waals surface area contributed by atoms with Crippen LogP contribution in [0.15, 0.2) is 12.1 Å². The van der Waals surface area contributed by atoms with E-state index in [9.17, 15) is 13.6 Å². The Kier molecular flexibility index (Phi) is 5.52. The van der Waals surface area contributed by atoms with Gasteiger partial charge in [-0.15, -0.1) is 0 Å². The van der Waals surface area contributed by atoms with E-state index in [2.05, 4.69) is 4.74 Å². The van der Waals surface area contributed by atoms with Gasteiger partial charge in [0, 0.05) is 0 Å². The minimum Gasteiger partial charge on any atom is -0.466 e. The summed E-state index contributed by atoms with van der Waals surface area (Å²) in [5.74, 6) is -0.879. The molecule has 0 aliphatic carbocycles. The topological polar surface area (TPSA) is 59.3 Å². The summed E-state index contributed by atoms with van der Waals surface area (Å²) >= 11 is 5.78. The largest absolute Gasteiger partial charge is 0.466 e. The number of carbonyl (C=O) groups is 1. The molecule has 0 N–H and O–H groups in total. The minimum absolute atomic E-state index is 0.0556. The van der Waals surface area contributed by atoms with Crippen molar-refractivity contribution in [1.29, 1.82) is 5.26 Å². The maximum Gasteiger partial charge on any atom is 0.387 e. The van der Waals surface area contributed by atoms with Crippen molar-refractivity contribution < 1.29 is 23.0 Å². The van der Waals surface area contributed by atoms with E-state index in [1.807, 2.05) is 0 Å². The lowest BCUT2D eigenvalue weighted by molar-refractivity contribution is -0.142. The van der Waals surface area contributed by atoms with E-state index >= 15 is 0 Å². The van der Waals surface area contributed by atoms with Crippen LogP contribution in [0.1, 0.15) is 18.1 Å². The standard InChI is InChI=1S/C12H10ClF2NO3/c1-2-18-11(17)5-7-3-9(13)8(6-16)10(4-7)19-12(14)15/h3-4,12H,2,5H2,1H3. The first-order valence-corrected chi connectivity index (χ1v) is 5.68. The van der Waals surface area contributed by atoms with Gasteiger partial charge in [0.2, 0.25) is 0 Å². The molecule has 0 atom stereocenters. The van der Waals surface area contributed by atoms with Gasteiger partial charge in [0.1, 0.15) is 17.4 Å². The third-order valence-corrected chi connectivity index (χ3v) is 2.39. The van der Waals surface area contributed by atoms with E-state index in [1.54, 1.807) is 13.0 Å². The fourth-order valence-corrected chi connectivity index (χ4v) is 1.69. The number of hydrogen-bond donors (Lipinski definition) is 0. The van der Waals surface area contributed by atoms with Crippen LogP contribution in [-0.4, -0.2) is 19.2 Å². The third-order valence-electron chi connectivity index (χ3n) is 2.10. The van der Waals surface area contributed by atoms with Crippen LogP contribution >= 0.6 is 11.6 Å². The predicted molar refractivity (Wildman–Crippen MR) is 63.1 cm³/mol. The van der Waals surface area contributed by atoms with Gasteiger partial charge in [-0.3, -0.25) is 4.79 Å². The Balaban J connectivity index is 3.05. The van der Waals surface area contributed by atoms with Gasteiger partial charge in [-0.25, -0.2) is 0 Å². The molecule has 0 fully saturated rings. The van der Waals surface area contributed by atoms with Gasteiger partial charge in [-0.2, -0.15) is 14.0 Å². The fraction of sp³-hybridized carbons (Fsp3) is 0.333. The number of rotatable bonds is 5. The van der Waals surface area contributed by atoms with Gasteiger partial charge < -0.3 is 9.47 Å². The Morgan fingerprint density at radius 3 is 2.74 bits per heavy atom. The number of alkyl halides is 2. The number of nitriles is 1. The van der Waals surface area contributed by atoms with Crippen molar-refractivity contribution in [3.05, 3.63) is 28.3 Å². The van der Waals surface area contributed by atoms with Crippen LogP contribution in [0.3, 0.4) is 0 Å². The van der Waals surface area contributed by atoms with Crippen molar-refractivity contribution in [2.45, 2.75) is 20.0 Å². The van der Waals surface area contributed by atoms with Crippen molar-refractivity contribution in [2.75, 3.05) is 6.61 Å². The van der Waals surface area contributed by atoms with Gasteiger partial charge in [-0.05, 0) is 24.6 Å². The molecule has 0 bridgehead atoms. The SMILES string of the molecule is CCOC(=O)Cc1cc(Cl)c(C#N)c(OC(F)F)c1. The average Bonchev–Trinajstić information content (AvgIpc) is 2.27. The van der Waals surface area contributed by atoms with Crippen molar-refractivity contribution in [1.82, 2.24) is 0 Å². The lowest BCUT2D eigenvalue weighted by Crippen LogP contribution is -2.09. The molecule has 0 aliphatic rings. The first-order valence-electron chi connectivity index (χ1n) is 5.30. The molecule has 0 heterocycles. The zero-order valence-electron chi connectivity index (χ0n) is 9.95. The Bertz CT molecular complexity index is 514. The monoisotopic (exact) mass is 289 g/mol. The first-order chi connectivity index (χ1) is 8.97. The Labute approximate surface area is 113 Å². The van der Waals surface area contributed by atoms with Gasteiger partial charge in [-0.1, -0.05) is 11.6 Å². The minimum atomic E-state index is -3.08. The molecule has 0 radical (unpaired) electrons. The molecule has 0 saturated heterocycles. The molecule has 1 aromatic carbocycles. The maximum atomic E-state index is 12.2. The van der Waals surface area contributed by atoms with Crippen molar-refractivity contribution in [3.63, 3.8) is 0 Å². The predicted octanol–water partition coefficient (Wildman–Crippen LogP) is 2.92. The summed E-state index contributed by atoms with van der Waals surface area (Å²) in [6, 6.07) is 4.19. The quantitative estimate of drug-likeness (QED) is 0.782. The first kappa shape index (κ1) is 15.2. The molecule has 7 heteroatoms. The molecule has 0 spiro atoms. The fourth-order valence-electron chi connectivity index (χ4n) is 1.41. The number of benzene rings is 1. The van der Waals surface area contributed by atoms with Gasteiger partial charge in [0.05, 0.1) is 18.1 Å². The Hall–Kier alpha value is -1.87. The van der Waals surface area contributed by atoms with Gasteiger partial charge >= 0.3 is 12.6 Å². The third kappa shape index (κ3) is 4.38. The van der Waals surface area contributed by atoms with Crippen LogP contribution in [0.4, 0.5) is 8.78 Å². The second kappa shape index (κ2) is 6.90. The summed E-state index contributed by atoms with van der Waals surface area (Å²) in [6.07, 6.45) is -0.140. The van der Waals surface area contributed by atoms with Crippen LogP contribution in [-0.2, 0) is 16.0 Å². The summed E-state index contributed by atoms with van der Waals surface area (Å²) in [6.45, 7) is -1.22. The zero-order valence-corrected chi connectivity index (χ0v) is 10.7. The highest BCUT2D eigenvalue weighted by Crippen LogP contribution is 2.29. The number of esters is 1. The molecule has 1 aromatic rings. The molecule has 0 saturated carbocycles. The summed E-state index contributed by atoms with van der Waals surface area (Å²) in [7, 11) is 0. The molecule has 0 unspecified atom stereocenters. The number of ether oxygens (including phenoxy) is 2. The van der Waals surface area contributed by atoms with E-state index < -0.39 is 12.6 Å². The van der Waals surface area contributed by atoms with Crippen LogP contribution in [0.25, 0.3) is 0 Å². The second-order valence-electron chi connectivity index (χ2n) is 3.42. The van der Waals surface area contributed by atoms with Gasteiger partial charge in [0.15, 0.2) is 0 Å². The summed E-state index contributed by atoms with van der Waals surface area (Å²) in [4.78, 5) is 11.3. The molecule has 1 rings (SSSR count).